The van der Waals surface area contributed by atoms with Crippen LogP contribution < -0.4 is 0 Å². The van der Waals surface area contributed by atoms with Crippen LogP contribution in [0.3, 0.4) is 0 Å². The topological polar surface area (TPSA) is 12.9 Å². The van der Waals surface area contributed by atoms with E-state index in [1.807, 2.05) is 12.3 Å². The van der Waals surface area contributed by atoms with Crippen LogP contribution in [0.4, 0.5) is 0 Å². The van der Waals surface area contributed by atoms with E-state index >= 15 is 0 Å². The van der Waals surface area contributed by atoms with E-state index in [4.69, 9.17) is 0 Å². The minimum absolute atomic E-state index is 1.14. The number of hydrogen-bond acceptors (Lipinski definition) is 2. The van der Waals surface area contributed by atoms with Gasteiger partial charge in [0, 0.05) is 34.3 Å². The van der Waals surface area contributed by atoms with Gasteiger partial charge in [0.25, 0.3) is 0 Å². The summed E-state index contributed by atoms with van der Waals surface area (Å²) in [6.45, 7) is 0. The normalized spacial score (nSPS) is 10.7. The number of thiophene rings is 1. The maximum Gasteiger partial charge on any atom is 0.0437 e. The number of nitrogens with zero attached hydrogens (tertiary/aromatic N) is 1. The van der Waals surface area contributed by atoms with E-state index in [1.54, 1.807) is 17.5 Å². The summed E-state index contributed by atoms with van der Waals surface area (Å²) in [5.74, 6) is 0. The van der Waals surface area contributed by atoms with Crippen LogP contribution >= 0.6 is 11.3 Å². The Morgan fingerprint density at radius 3 is 3.00 bits per heavy atom. The molecule has 2 heteroatoms. The van der Waals surface area contributed by atoms with Crippen molar-refractivity contribution in [2.75, 3.05) is 0 Å². The predicted octanol–water partition coefficient (Wildman–Crippen LogP) is 3.76. The standard InChI is InChI=1S/C13H8NS/c1-2-6-12-11(4-1)9-15-13(12)10-5-3-7-14-8-10/h1-2,4-9H. The van der Waals surface area contributed by atoms with Crippen LogP contribution in [0.1, 0.15) is 0 Å². The molecule has 0 spiro atoms. The number of pyridine rings is 1. The first kappa shape index (κ1) is 8.62. The molecule has 3 rings (SSSR count). The summed E-state index contributed by atoms with van der Waals surface area (Å²) in [4.78, 5) is 5.37. The predicted molar refractivity (Wildman–Crippen MR) is 63.9 cm³/mol. The lowest BCUT2D eigenvalue weighted by molar-refractivity contribution is 1.33. The van der Waals surface area contributed by atoms with Crippen molar-refractivity contribution in [3.8, 4) is 10.4 Å². The van der Waals surface area contributed by atoms with Gasteiger partial charge in [0.15, 0.2) is 0 Å². The van der Waals surface area contributed by atoms with Gasteiger partial charge >= 0.3 is 0 Å². The molecule has 0 unspecified atom stereocenters. The molecule has 1 aromatic carbocycles. The summed E-state index contributed by atoms with van der Waals surface area (Å²) in [6, 6.07) is 13.4. The third-order valence-electron chi connectivity index (χ3n) is 2.37. The lowest BCUT2D eigenvalue weighted by Gasteiger charge is -1.97. The highest BCUT2D eigenvalue weighted by Crippen LogP contribution is 2.33. The molecule has 2 heterocycles. The van der Waals surface area contributed by atoms with E-state index in [2.05, 4.69) is 40.7 Å². The van der Waals surface area contributed by atoms with Gasteiger partial charge in [0.1, 0.15) is 0 Å². The van der Waals surface area contributed by atoms with Crippen molar-refractivity contribution in [1.29, 1.82) is 0 Å². The van der Waals surface area contributed by atoms with Crippen LogP contribution in [-0.2, 0) is 0 Å². The Hall–Kier alpha value is -1.67. The summed E-state index contributed by atoms with van der Waals surface area (Å²) in [5, 5.41) is 4.77. The molecule has 0 saturated carbocycles. The molecule has 3 aromatic rings. The van der Waals surface area contributed by atoms with Gasteiger partial charge in [0.2, 0.25) is 0 Å². The second kappa shape index (κ2) is 3.48. The summed E-state index contributed by atoms with van der Waals surface area (Å²) < 4.78 is 0. The first-order valence-electron chi connectivity index (χ1n) is 4.73. The number of fused-ring (bicyclic) bond motifs is 1. The van der Waals surface area contributed by atoms with E-state index in [-0.39, 0.29) is 0 Å². The number of benzene rings is 1. The molecule has 0 aliphatic rings. The van der Waals surface area contributed by atoms with Crippen LogP contribution in [0.2, 0.25) is 0 Å². The van der Waals surface area contributed by atoms with Gasteiger partial charge in [-0.25, -0.2) is 0 Å². The zero-order valence-electron chi connectivity index (χ0n) is 7.97. The average Bonchev–Trinajstić information content (AvgIpc) is 2.74. The Morgan fingerprint density at radius 2 is 2.13 bits per heavy atom. The largest absolute Gasteiger partial charge is 0.263 e. The highest BCUT2D eigenvalue weighted by atomic mass is 32.1. The van der Waals surface area contributed by atoms with Gasteiger partial charge in [-0.3, -0.25) is 4.98 Å². The average molecular weight is 210 g/mol. The van der Waals surface area contributed by atoms with Crippen LogP contribution in [0.5, 0.6) is 0 Å². The second-order valence-electron chi connectivity index (χ2n) is 3.33. The lowest BCUT2D eigenvalue weighted by atomic mass is 10.1. The van der Waals surface area contributed by atoms with Gasteiger partial charge in [-0.1, -0.05) is 24.3 Å². The molecule has 1 nitrogen and oxygen atoms in total. The highest BCUT2D eigenvalue weighted by molar-refractivity contribution is 7.15. The molecular formula is C13H8NS. The van der Waals surface area contributed by atoms with Crippen molar-refractivity contribution >= 4 is 22.1 Å². The van der Waals surface area contributed by atoms with E-state index < -0.39 is 0 Å². The third-order valence-corrected chi connectivity index (χ3v) is 3.44. The van der Waals surface area contributed by atoms with Crippen molar-refractivity contribution in [2.45, 2.75) is 0 Å². The van der Waals surface area contributed by atoms with Crippen molar-refractivity contribution in [3.63, 3.8) is 0 Å². The number of hydrogen-bond donors (Lipinski definition) is 0. The number of aromatic nitrogens is 1. The van der Waals surface area contributed by atoms with Crippen molar-refractivity contribution in [1.82, 2.24) is 4.98 Å². The van der Waals surface area contributed by atoms with E-state index in [0.717, 1.165) is 5.56 Å². The summed E-state index contributed by atoms with van der Waals surface area (Å²) in [7, 11) is 0. The summed E-state index contributed by atoms with van der Waals surface area (Å²) in [5.41, 5.74) is 1.14. The van der Waals surface area contributed by atoms with Crippen LogP contribution in [0.15, 0.2) is 48.1 Å². The zero-order chi connectivity index (χ0) is 10.1. The maximum atomic E-state index is 4.10. The molecule has 0 atom stereocenters. The van der Waals surface area contributed by atoms with Crippen LogP contribution in [-0.4, -0.2) is 4.98 Å². The van der Waals surface area contributed by atoms with Crippen molar-refractivity contribution < 1.29 is 0 Å². The fourth-order valence-electron chi connectivity index (χ4n) is 1.67. The Morgan fingerprint density at radius 1 is 1.20 bits per heavy atom. The molecule has 0 amide bonds. The molecule has 0 aliphatic heterocycles. The Kier molecular flexibility index (Phi) is 2.00. The molecule has 71 valence electrons. The maximum absolute atomic E-state index is 4.10. The molecule has 0 saturated heterocycles. The molecule has 15 heavy (non-hydrogen) atoms. The smallest absolute Gasteiger partial charge is 0.0437 e. The van der Waals surface area contributed by atoms with Gasteiger partial charge < -0.3 is 0 Å². The van der Waals surface area contributed by atoms with Gasteiger partial charge in [-0.05, 0) is 16.8 Å². The van der Waals surface area contributed by atoms with Gasteiger partial charge in [-0.2, -0.15) is 0 Å². The van der Waals surface area contributed by atoms with Crippen LogP contribution in [0, 0.1) is 6.07 Å². The summed E-state index contributed by atoms with van der Waals surface area (Å²) in [6.07, 6.45) is 3.56. The fraction of sp³-hybridized carbons (Fsp3) is 0. The van der Waals surface area contributed by atoms with E-state index in [1.165, 1.54) is 15.6 Å². The first-order chi connectivity index (χ1) is 7.45. The molecule has 2 aromatic heterocycles. The molecule has 0 fully saturated rings. The fourth-order valence-corrected chi connectivity index (χ4v) is 2.68. The monoisotopic (exact) mass is 210 g/mol. The van der Waals surface area contributed by atoms with Gasteiger partial charge in [-0.15, -0.1) is 11.3 Å². The Balaban J connectivity index is 2.28. The molecule has 1 radical (unpaired) electrons. The molecule has 0 N–H and O–H groups in total. The SMILES string of the molecule is [c]1cncc(-c2scc3ccccc23)c1. The Bertz CT molecular complexity index is 584. The van der Waals surface area contributed by atoms with E-state index in [0.29, 0.717) is 0 Å². The van der Waals surface area contributed by atoms with Crippen molar-refractivity contribution in [3.05, 3.63) is 54.2 Å². The minimum Gasteiger partial charge on any atom is -0.263 e. The zero-order valence-corrected chi connectivity index (χ0v) is 8.79. The summed E-state index contributed by atoms with van der Waals surface area (Å²) >= 11 is 1.76. The minimum atomic E-state index is 1.14. The quantitative estimate of drug-likeness (QED) is 0.596. The lowest BCUT2D eigenvalue weighted by Crippen LogP contribution is -1.75. The molecule has 0 aliphatic carbocycles. The highest BCUT2D eigenvalue weighted by Gasteiger charge is 2.05. The van der Waals surface area contributed by atoms with E-state index in [9.17, 15) is 0 Å². The third kappa shape index (κ3) is 1.43. The second-order valence-corrected chi connectivity index (χ2v) is 4.21. The number of rotatable bonds is 1. The molecule has 0 bridgehead atoms. The Labute approximate surface area is 92.0 Å². The van der Waals surface area contributed by atoms with Crippen LogP contribution in [0.25, 0.3) is 21.2 Å². The molecular weight excluding hydrogens is 202 g/mol. The first-order valence-corrected chi connectivity index (χ1v) is 5.61. The van der Waals surface area contributed by atoms with Crippen molar-refractivity contribution in [2.24, 2.45) is 0 Å². The van der Waals surface area contributed by atoms with Gasteiger partial charge in [0.05, 0.1) is 0 Å².